The van der Waals surface area contributed by atoms with Crippen molar-refractivity contribution in [2.75, 3.05) is 4.90 Å². The van der Waals surface area contributed by atoms with Crippen LogP contribution in [0.5, 0.6) is 0 Å². The number of nitrogens with zero attached hydrogens (tertiary/aromatic N) is 2. The SMILES string of the molecule is CC1CCc2ccccc2N1C(=O)Cc1csc(-c2ccccc2Cl)n1. The van der Waals surface area contributed by atoms with E-state index in [0.29, 0.717) is 11.4 Å². The fourth-order valence-electron chi connectivity index (χ4n) is 3.45. The van der Waals surface area contributed by atoms with Crippen molar-refractivity contribution in [2.45, 2.75) is 32.2 Å². The number of hydrogen-bond donors (Lipinski definition) is 0. The van der Waals surface area contributed by atoms with E-state index in [1.54, 1.807) is 0 Å². The fraction of sp³-hybridized carbons (Fsp3) is 0.238. The highest BCUT2D eigenvalue weighted by Crippen LogP contribution is 2.32. The van der Waals surface area contributed by atoms with Crippen LogP contribution in [0.15, 0.2) is 53.9 Å². The van der Waals surface area contributed by atoms with Crippen molar-refractivity contribution in [3.8, 4) is 10.6 Å². The number of benzene rings is 2. The number of fused-ring (bicyclic) bond motifs is 1. The van der Waals surface area contributed by atoms with Gasteiger partial charge in [-0.3, -0.25) is 4.79 Å². The summed E-state index contributed by atoms with van der Waals surface area (Å²) in [5.74, 6) is 0.0978. The van der Waals surface area contributed by atoms with Crippen molar-refractivity contribution < 1.29 is 4.79 Å². The summed E-state index contributed by atoms with van der Waals surface area (Å²) in [6, 6.07) is 16.0. The summed E-state index contributed by atoms with van der Waals surface area (Å²) in [4.78, 5) is 19.6. The van der Waals surface area contributed by atoms with Crippen molar-refractivity contribution in [3.63, 3.8) is 0 Å². The maximum absolute atomic E-state index is 13.0. The zero-order valence-electron chi connectivity index (χ0n) is 14.5. The largest absolute Gasteiger partial charge is 0.309 e. The van der Waals surface area contributed by atoms with E-state index in [4.69, 9.17) is 11.6 Å². The van der Waals surface area contributed by atoms with Gasteiger partial charge in [-0.2, -0.15) is 0 Å². The minimum Gasteiger partial charge on any atom is -0.309 e. The summed E-state index contributed by atoms with van der Waals surface area (Å²) in [7, 11) is 0. The van der Waals surface area contributed by atoms with Gasteiger partial charge in [-0.05, 0) is 37.5 Å². The van der Waals surface area contributed by atoms with Gasteiger partial charge in [-0.15, -0.1) is 11.3 Å². The van der Waals surface area contributed by atoms with E-state index in [1.165, 1.54) is 16.9 Å². The number of hydrogen-bond acceptors (Lipinski definition) is 3. The van der Waals surface area contributed by atoms with Gasteiger partial charge in [0.25, 0.3) is 0 Å². The number of anilines is 1. The van der Waals surface area contributed by atoms with E-state index in [0.717, 1.165) is 34.8 Å². The molecule has 0 bridgehead atoms. The topological polar surface area (TPSA) is 33.2 Å². The van der Waals surface area contributed by atoms with E-state index in [1.807, 2.05) is 52.7 Å². The van der Waals surface area contributed by atoms with Crippen molar-refractivity contribution in [1.82, 2.24) is 4.98 Å². The number of aromatic nitrogens is 1. The van der Waals surface area contributed by atoms with Crippen LogP contribution in [0.25, 0.3) is 10.6 Å². The summed E-state index contributed by atoms with van der Waals surface area (Å²) in [6.45, 7) is 2.12. The van der Waals surface area contributed by atoms with Crippen LogP contribution in [0.1, 0.15) is 24.6 Å². The highest BCUT2D eigenvalue weighted by molar-refractivity contribution is 7.13. The third-order valence-electron chi connectivity index (χ3n) is 4.78. The third kappa shape index (κ3) is 3.27. The van der Waals surface area contributed by atoms with Crippen molar-refractivity contribution in [2.24, 2.45) is 0 Å². The van der Waals surface area contributed by atoms with E-state index in [-0.39, 0.29) is 11.9 Å². The quantitative estimate of drug-likeness (QED) is 0.609. The van der Waals surface area contributed by atoms with Gasteiger partial charge >= 0.3 is 0 Å². The number of carbonyl (C=O) groups excluding carboxylic acids is 1. The Morgan fingerprint density at radius 2 is 2.00 bits per heavy atom. The molecule has 26 heavy (non-hydrogen) atoms. The van der Waals surface area contributed by atoms with Crippen molar-refractivity contribution >= 4 is 34.5 Å². The predicted octanol–water partition coefficient (Wildman–Crippen LogP) is 5.37. The molecule has 1 aromatic heterocycles. The molecule has 2 heterocycles. The lowest BCUT2D eigenvalue weighted by Crippen LogP contribution is -2.43. The first-order valence-corrected chi connectivity index (χ1v) is 9.98. The highest BCUT2D eigenvalue weighted by atomic mass is 35.5. The number of rotatable bonds is 3. The van der Waals surface area contributed by atoms with E-state index >= 15 is 0 Å². The molecule has 2 aromatic carbocycles. The molecule has 1 atom stereocenters. The zero-order valence-corrected chi connectivity index (χ0v) is 16.1. The smallest absolute Gasteiger partial charge is 0.233 e. The van der Waals surface area contributed by atoms with Gasteiger partial charge in [-0.25, -0.2) is 4.98 Å². The number of aryl methyl sites for hydroxylation is 1. The first kappa shape index (κ1) is 17.3. The van der Waals surface area contributed by atoms with Crippen LogP contribution >= 0.6 is 22.9 Å². The van der Waals surface area contributed by atoms with Crippen LogP contribution < -0.4 is 4.90 Å². The average molecular weight is 383 g/mol. The Hall–Kier alpha value is -2.17. The Bertz CT molecular complexity index is 952. The van der Waals surface area contributed by atoms with Gasteiger partial charge in [0.15, 0.2) is 0 Å². The molecule has 0 N–H and O–H groups in total. The number of halogens is 1. The number of carbonyl (C=O) groups is 1. The Balaban J connectivity index is 1.57. The number of thiazole rings is 1. The molecule has 3 aromatic rings. The predicted molar refractivity (Wildman–Crippen MR) is 108 cm³/mol. The van der Waals surface area contributed by atoms with Crippen molar-refractivity contribution in [3.05, 3.63) is 70.2 Å². The lowest BCUT2D eigenvalue weighted by atomic mass is 9.96. The van der Waals surface area contributed by atoms with Crippen LogP contribution in [-0.4, -0.2) is 16.9 Å². The second kappa shape index (κ2) is 7.22. The Morgan fingerprint density at radius 3 is 2.85 bits per heavy atom. The van der Waals surface area contributed by atoms with Gasteiger partial charge in [0.05, 0.1) is 17.1 Å². The summed E-state index contributed by atoms with van der Waals surface area (Å²) < 4.78 is 0. The minimum absolute atomic E-state index is 0.0978. The van der Waals surface area contributed by atoms with E-state index < -0.39 is 0 Å². The molecule has 4 rings (SSSR count). The molecule has 1 unspecified atom stereocenters. The normalized spacial score (nSPS) is 16.4. The molecule has 1 amide bonds. The van der Waals surface area contributed by atoms with Gasteiger partial charge in [0, 0.05) is 22.7 Å². The molecular formula is C21H19ClN2OS. The average Bonchev–Trinajstić information content (AvgIpc) is 3.10. The fourth-order valence-corrected chi connectivity index (χ4v) is 4.59. The summed E-state index contributed by atoms with van der Waals surface area (Å²) in [5.41, 5.74) is 3.99. The second-order valence-corrected chi connectivity index (χ2v) is 7.85. The van der Waals surface area contributed by atoms with Crippen LogP contribution in [0.2, 0.25) is 5.02 Å². The molecular weight excluding hydrogens is 364 g/mol. The molecule has 0 aliphatic carbocycles. The number of amides is 1. The molecule has 1 aliphatic heterocycles. The highest BCUT2D eigenvalue weighted by Gasteiger charge is 2.28. The monoisotopic (exact) mass is 382 g/mol. The van der Waals surface area contributed by atoms with Crippen molar-refractivity contribution in [1.29, 1.82) is 0 Å². The first-order valence-electron chi connectivity index (χ1n) is 8.73. The van der Waals surface area contributed by atoms with Gasteiger partial charge in [0.2, 0.25) is 5.91 Å². The van der Waals surface area contributed by atoms with Gasteiger partial charge in [0.1, 0.15) is 5.01 Å². The summed E-state index contributed by atoms with van der Waals surface area (Å²) in [5, 5.41) is 3.49. The van der Waals surface area contributed by atoms with Crippen LogP contribution in [-0.2, 0) is 17.6 Å². The molecule has 0 radical (unpaired) electrons. The molecule has 0 saturated carbocycles. The Kier molecular flexibility index (Phi) is 4.79. The Labute approximate surface area is 162 Å². The summed E-state index contributed by atoms with van der Waals surface area (Å²) >= 11 is 7.79. The zero-order chi connectivity index (χ0) is 18.1. The molecule has 0 fully saturated rings. The third-order valence-corrected chi connectivity index (χ3v) is 6.03. The molecule has 3 nitrogen and oxygen atoms in total. The second-order valence-electron chi connectivity index (χ2n) is 6.58. The standard InChI is InChI=1S/C21H19ClN2OS/c1-14-10-11-15-6-2-5-9-19(15)24(14)20(25)12-16-13-26-21(23-16)17-7-3-4-8-18(17)22/h2-9,13-14H,10-12H2,1H3. The maximum Gasteiger partial charge on any atom is 0.233 e. The minimum atomic E-state index is 0.0978. The lowest BCUT2D eigenvalue weighted by Gasteiger charge is -2.35. The van der Waals surface area contributed by atoms with E-state index in [9.17, 15) is 4.79 Å². The van der Waals surface area contributed by atoms with E-state index in [2.05, 4.69) is 18.0 Å². The first-order chi connectivity index (χ1) is 12.6. The van der Waals surface area contributed by atoms with Gasteiger partial charge < -0.3 is 4.90 Å². The molecule has 5 heteroatoms. The van der Waals surface area contributed by atoms with Crippen LogP contribution in [0.3, 0.4) is 0 Å². The molecule has 132 valence electrons. The van der Waals surface area contributed by atoms with Crippen LogP contribution in [0, 0.1) is 0 Å². The Morgan fingerprint density at radius 1 is 1.23 bits per heavy atom. The molecule has 0 saturated heterocycles. The lowest BCUT2D eigenvalue weighted by molar-refractivity contribution is -0.118. The number of para-hydroxylation sites is 1. The van der Waals surface area contributed by atoms with Crippen LogP contribution in [0.4, 0.5) is 5.69 Å². The summed E-state index contributed by atoms with van der Waals surface area (Å²) in [6.07, 6.45) is 2.32. The molecule has 1 aliphatic rings. The molecule has 0 spiro atoms. The van der Waals surface area contributed by atoms with Gasteiger partial charge in [-0.1, -0.05) is 48.0 Å². The maximum atomic E-state index is 13.0.